The first-order valence-corrected chi connectivity index (χ1v) is 7.78. The number of hydrogen-bond donors (Lipinski definition) is 1. The first kappa shape index (κ1) is 16.9. The molecule has 0 saturated carbocycles. The molecule has 0 bridgehead atoms. The minimum absolute atomic E-state index is 0.0647. The molecular formula is C11H20N2O6S. The van der Waals surface area contributed by atoms with Crippen LogP contribution in [-0.4, -0.2) is 67.4 Å². The number of carboxylic acids is 1. The maximum absolute atomic E-state index is 12.2. The second-order valence-corrected chi connectivity index (χ2v) is 6.64. The minimum Gasteiger partial charge on any atom is -0.481 e. The van der Waals surface area contributed by atoms with E-state index in [9.17, 15) is 18.0 Å². The molecule has 1 rings (SSSR count). The second kappa shape index (κ2) is 7.00. The zero-order valence-corrected chi connectivity index (χ0v) is 12.4. The summed E-state index contributed by atoms with van der Waals surface area (Å²) in [5.41, 5.74) is 0. The third kappa shape index (κ3) is 4.15. The average Bonchev–Trinajstić information content (AvgIpc) is 2.38. The number of aliphatic carboxylic acids is 1. The van der Waals surface area contributed by atoms with Gasteiger partial charge in [-0.3, -0.25) is 9.59 Å². The van der Waals surface area contributed by atoms with E-state index in [1.807, 2.05) is 0 Å². The van der Waals surface area contributed by atoms with E-state index in [-0.39, 0.29) is 26.2 Å². The molecule has 20 heavy (non-hydrogen) atoms. The highest BCUT2D eigenvalue weighted by molar-refractivity contribution is 7.86. The van der Waals surface area contributed by atoms with Gasteiger partial charge < -0.3 is 9.84 Å². The summed E-state index contributed by atoms with van der Waals surface area (Å²) in [7, 11) is -2.56. The molecular weight excluding hydrogens is 288 g/mol. The molecule has 1 saturated heterocycles. The maximum Gasteiger partial charge on any atom is 0.321 e. The smallest absolute Gasteiger partial charge is 0.321 e. The topological polar surface area (TPSA) is 104 Å². The van der Waals surface area contributed by atoms with Crippen molar-refractivity contribution >= 4 is 22.1 Å². The molecule has 1 atom stereocenters. The molecule has 116 valence electrons. The van der Waals surface area contributed by atoms with Crippen LogP contribution in [0.5, 0.6) is 0 Å². The number of carbonyl (C=O) groups is 2. The van der Waals surface area contributed by atoms with Crippen molar-refractivity contribution in [1.29, 1.82) is 0 Å². The summed E-state index contributed by atoms with van der Waals surface area (Å²) in [6, 6.07) is 0. The number of ether oxygens (including phenoxy) is 1. The van der Waals surface area contributed by atoms with Crippen LogP contribution in [0, 0.1) is 5.92 Å². The normalized spacial score (nSPS) is 20.9. The maximum atomic E-state index is 12.2. The Bertz CT molecular complexity index is 464. The number of piperidine rings is 1. The van der Waals surface area contributed by atoms with Crippen molar-refractivity contribution in [2.45, 2.75) is 19.8 Å². The van der Waals surface area contributed by atoms with Crippen LogP contribution in [0.1, 0.15) is 19.8 Å². The van der Waals surface area contributed by atoms with Gasteiger partial charge in [0.25, 0.3) is 10.2 Å². The van der Waals surface area contributed by atoms with E-state index >= 15 is 0 Å². The predicted molar refractivity (Wildman–Crippen MR) is 70.1 cm³/mol. The van der Waals surface area contributed by atoms with Crippen LogP contribution >= 0.6 is 0 Å². The Morgan fingerprint density at radius 1 is 1.45 bits per heavy atom. The molecule has 8 nitrogen and oxygen atoms in total. The van der Waals surface area contributed by atoms with Gasteiger partial charge in [0, 0.05) is 20.1 Å². The number of hydrogen-bond acceptors (Lipinski definition) is 5. The third-order valence-corrected chi connectivity index (χ3v) is 5.01. The number of carbonyl (C=O) groups excluding carboxylic acids is 1. The highest BCUT2D eigenvalue weighted by atomic mass is 32.2. The SMILES string of the molecule is CCOC(=O)CN(C)S(=O)(=O)N1CCCC(C(=O)O)C1. The van der Waals surface area contributed by atoms with Crippen LogP contribution in [0.4, 0.5) is 0 Å². The van der Waals surface area contributed by atoms with Crippen LogP contribution in [0.3, 0.4) is 0 Å². The van der Waals surface area contributed by atoms with Crippen molar-refractivity contribution in [3.63, 3.8) is 0 Å². The highest BCUT2D eigenvalue weighted by Crippen LogP contribution is 2.20. The van der Waals surface area contributed by atoms with Gasteiger partial charge in [0.15, 0.2) is 0 Å². The summed E-state index contributed by atoms with van der Waals surface area (Å²) in [6.45, 7) is 1.63. The minimum atomic E-state index is -3.84. The van der Waals surface area contributed by atoms with Crippen LogP contribution in [0.15, 0.2) is 0 Å². The lowest BCUT2D eigenvalue weighted by atomic mass is 10.0. The van der Waals surface area contributed by atoms with E-state index in [1.165, 1.54) is 7.05 Å². The van der Waals surface area contributed by atoms with Gasteiger partial charge in [-0.05, 0) is 19.8 Å². The molecule has 0 aromatic rings. The van der Waals surface area contributed by atoms with Crippen molar-refractivity contribution < 1.29 is 27.9 Å². The Morgan fingerprint density at radius 3 is 2.65 bits per heavy atom. The number of esters is 1. The number of nitrogens with zero attached hydrogens (tertiary/aromatic N) is 2. The average molecular weight is 308 g/mol. The van der Waals surface area contributed by atoms with Crippen molar-refractivity contribution in [3.05, 3.63) is 0 Å². The Kier molecular flexibility index (Phi) is 5.90. The standard InChI is InChI=1S/C11H20N2O6S/c1-3-19-10(14)8-12(2)20(17,18)13-6-4-5-9(7-13)11(15)16/h9H,3-8H2,1-2H3,(H,15,16). The molecule has 0 radical (unpaired) electrons. The Hall–Kier alpha value is -1.19. The molecule has 1 N–H and O–H groups in total. The van der Waals surface area contributed by atoms with Gasteiger partial charge in [-0.1, -0.05) is 0 Å². The molecule has 1 heterocycles. The third-order valence-electron chi connectivity index (χ3n) is 3.11. The van der Waals surface area contributed by atoms with Gasteiger partial charge in [-0.2, -0.15) is 17.0 Å². The van der Waals surface area contributed by atoms with Gasteiger partial charge >= 0.3 is 11.9 Å². The van der Waals surface area contributed by atoms with E-state index < -0.39 is 28.1 Å². The van der Waals surface area contributed by atoms with Crippen molar-refractivity contribution in [2.75, 3.05) is 33.3 Å². The zero-order chi connectivity index (χ0) is 15.3. The van der Waals surface area contributed by atoms with Gasteiger partial charge in [0.05, 0.1) is 12.5 Å². The molecule has 9 heteroatoms. The zero-order valence-electron chi connectivity index (χ0n) is 11.6. The number of likely N-dealkylation sites (N-methyl/N-ethyl adjacent to an activating group) is 1. The van der Waals surface area contributed by atoms with E-state index in [1.54, 1.807) is 6.92 Å². The summed E-state index contributed by atoms with van der Waals surface area (Å²) in [5.74, 6) is -2.34. The fourth-order valence-corrected chi connectivity index (χ4v) is 3.41. The summed E-state index contributed by atoms with van der Waals surface area (Å²) < 4.78 is 31.2. The fourth-order valence-electron chi connectivity index (χ4n) is 2.02. The lowest BCUT2D eigenvalue weighted by Crippen LogP contribution is -2.49. The first-order valence-electron chi connectivity index (χ1n) is 6.38. The van der Waals surface area contributed by atoms with Gasteiger partial charge in [-0.15, -0.1) is 0 Å². The van der Waals surface area contributed by atoms with E-state index in [2.05, 4.69) is 0 Å². The van der Waals surface area contributed by atoms with Gasteiger partial charge in [0.1, 0.15) is 6.54 Å². The monoisotopic (exact) mass is 308 g/mol. The molecule has 1 aliphatic heterocycles. The number of rotatable bonds is 6. The molecule has 0 aliphatic carbocycles. The molecule has 1 unspecified atom stereocenters. The Morgan fingerprint density at radius 2 is 2.10 bits per heavy atom. The Balaban J connectivity index is 2.72. The van der Waals surface area contributed by atoms with E-state index in [0.717, 1.165) is 8.61 Å². The summed E-state index contributed by atoms with van der Waals surface area (Å²) in [6.07, 6.45) is 0.951. The number of carboxylic acid groups (broad SMARTS) is 1. The first-order chi connectivity index (χ1) is 9.28. The van der Waals surface area contributed by atoms with E-state index in [0.29, 0.717) is 12.8 Å². The Labute approximate surface area is 118 Å². The molecule has 0 aromatic carbocycles. The predicted octanol–water partition coefficient (Wildman–Crippen LogP) is -0.477. The van der Waals surface area contributed by atoms with Crippen LogP contribution < -0.4 is 0 Å². The lowest BCUT2D eigenvalue weighted by molar-refractivity contribution is -0.144. The van der Waals surface area contributed by atoms with E-state index in [4.69, 9.17) is 9.84 Å². The molecule has 1 aliphatic rings. The van der Waals surface area contributed by atoms with Crippen molar-refractivity contribution in [3.8, 4) is 0 Å². The van der Waals surface area contributed by atoms with Crippen LogP contribution in [-0.2, 0) is 24.5 Å². The second-order valence-electron chi connectivity index (χ2n) is 4.60. The fraction of sp³-hybridized carbons (Fsp3) is 0.818. The van der Waals surface area contributed by atoms with Gasteiger partial charge in [0.2, 0.25) is 0 Å². The summed E-state index contributed by atoms with van der Waals surface area (Å²) >= 11 is 0. The quantitative estimate of drug-likeness (QED) is 0.665. The highest BCUT2D eigenvalue weighted by Gasteiger charge is 2.35. The summed E-state index contributed by atoms with van der Waals surface area (Å²) in [5, 5.41) is 8.97. The largest absolute Gasteiger partial charge is 0.481 e. The molecule has 0 aromatic heterocycles. The van der Waals surface area contributed by atoms with Crippen LogP contribution in [0.2, 0.25) is 0 Å². The van der Waals surface area contributed by atoms with Crippen molar-refractivity contribution in [2.24, 2.45) is 5.92 Å². The summed E-state index contributed by atoms with van der Waals surface area (Å²) in [4.78, 5) is 22.3. The van der Waals surface area contributed by atoms with Crippen LogP contribution in [0.25, 0.3) is 0 Å². The molecule has 0 spiro atoms. The van der Waals surface area contributed by atoms with Gasteiger partial charge in [-0.25, -0.2) is 0 Å². The lowest BCUT2D eigenvalue weighted by Gasteiger charge is -2.32. The molecule has 0 amide bonds. The molecule has 1 fully saturated rings. The van der Waals surface area contributed by atoms with Crippen molar-refractivity contribution in [1.82, 2.24) is 8.61 Å².